The summed E-state index contributed by atoms with van der Waals surface area (Å²) in [5.74, 6) is -0.210. The fourth-order valence-corrected chi connectivity index (χ4v) is 2.10. The summed E-state index contributed by atoms with van der Waals surface area (Å²) in [4.78, 5) is 10.9. The number of fused-ring (bicyclic) bond motifs is 3. The molecule has 0 unspecified atom stereocenters. The smallest absolute Gasteiger partial charge is 0.354 e. The van der Waals surface area contributed by atoms with E-state index in [4.69, 9.17) is 9.63 Å². The highest BCUT2D eigenvalue weighted by molar-refractivity contribution is 5.90. The summed E-state index contributed by atoms with van der Waals surface area (Å²) < 4.78 is 5.09. The molecule has 0 bridgehead atoms. The second-order valence-electron chi connectivity index (χ2n) is 3.80. The minimum atomic E-state index is -0.989. The van der Waals surface area contributed by atoms with Gasteiger partial charge >= 0.3 is 5.97 Å². The molecule has 2 aromatic rings. The van der Waals surface area contributed by atoms with Crippen LogP contribution in [0.3, 0.4) is 0 Å². The van der Waals surface area contributed by atoms with Crippen LogP contribution >= 0.6 is 0 Å². The number of hydrogen-bond acceptors (Lipinski definition) is 4. The standard InChI is InChI=1S/C10H9N3O3/c1-4-5-2-3-6-7(8(5)13-16-4)11-12-9(6)10(14)15/h2-3H2,1H3,(H,11,12)(H,14,15). The van der Waals surface area contributed by atoms with Gasteiger partial charge in [-0.05, 0) is 19.8 Å². The molecule has 1 aliphatic rings. The van der Waals surface area contributed by atoms with E-state index < -0.39 is 5.97 Å². The first-order chi connectivity index (χ1) is 7.68. The summed E-state index contributed by atoms with van der Waals surface area (Å²) in [6.07, 6.45) is 1.40. The number of nitrogens with one attached hydrogen (secondary N) is 1. The second-order valence-corrected chi connectivity index (χ2v) is 3.80. The minimum Gasteiger partial charge on any atom is -0.477 e. The summed E-state index contributed by atoms with van der Waals surface area (Å²) in [6, 6.07) is 0. The van der Waals surface area contributed by atoms with Gasteiger partial charge in [-0.1, -0.05) is 5.16 Å². The van der Waals surface area contributed by atoms with Crippen molar-refractivity contribution in [2.45, 2.75) is 19.8 Å². The zero-order valence-corrected chi connectivity index (χ0v) is 8.57. The molecule has 82 valence electrons. The maximum absolute atomic E-state index is 10.9. The first-order valence-corrected chi connectivity index (χ1v) is 4.94. The predicted octanol–water partition coefficient (Wildman–Crippen LogP) is 1.17. The molecule has 0 fully saturated rings. The van der Waals surface area contributed by atoms with E-state index in [1.807, 2.05) is 6.92 Å². The Morgan fingerprint density at radius 2 is 2.12 bits per heavy atom. The van der Waals surface area contributed by atoms with Crippen molar-refractivity contribution in [1.82, 2.24) is 15.4 Å². The number of nitrogens with zero attached hydrogens (tertiary/aromatic N) is 2. The highest BCUT2D eigenvalue weighted by Crippen LogP contribution is 2.34. The van der Waals surface area contributed by atoms with Crippen molar-refractivity contribution in [3.8, 4) is 11.4 Å². The van der Waals surface area contributed by atoms with Crippen molar-refractivity contribution in [2.24, 2.45) is 0 Å². The van der Waals surface area contributed by atoms with E-state index in [1.54, 1.807) is 0 Å². The molecule has 6 heteroatoms. The van der Waals surface area contributed by atoms with Gasteiger partial charge in [0.15, 0.2) is 0 Å². The summed E-state index contributed by atoms with van der Waals surface area (Å²) in [6.45, 7) is 1.85. The summed E-state index contributed by atoms with van der Waals surface area (Å²) >= 11 is 0. The first-order valence-electron chi connectivity index (χ1n) is 4.94. The lowest BCUT2D eigenvalue weighted by molar-refractivity contribution is 0.0689. The molecule has 2 heterocycles. The Morgan fingerprint density at radius 3 is 2.88 bits per heavy atom. The predicted molar refractivity (Wildman–Crippen MR) is 53.2 cm³/mol. The number of rotatable bonds is 1. The van der Waals surface area contributed by atoms with Gasteiger partial charge in [-0.3, -0.25) is 5.10 Å². The molecule has 0 spiro atoms. The molecule has 0 amide bonds. The van der Waals surface area contributed by atoms with Gasteiger partial charge in [-0.25, -0.2) is 4.79 Å². The lowest BCUT2D eigenvalue weighted by Gasteiger charge is -2.09. The van der Waals surface area contributed by atoms with Gasteiger partial charge in [0.05, 0.1) is 0 Å². The van der Waals surface area contributed by atoms with E-state index in [0.717, 1.165) is 17.7 Å². The number of carbonyl (C=O) groups is 1. The minimum absolute atomic E-state index is 0.154. The van der Waals surface area contributed by atoms with Crippen molar-refractivity contribution >= 4 is 5.97 Å². The number of aromatic carboxylic acids is 1. The third-order valence-electron chi connectivity index (χ3n) is 2.91. The molecule has 2 N–H and O–H groups in total. The molecule has 0 saturated heterocycles. The topological polar surface area (TPSA) is 92.0 Å². The number of carboxylic acid groups (broad SMARTS) is 1. The molecule has 0 aliphatic heterocycles. The summed E-state index contributed by atoms with van der Waals surface area (Å²) in [7, 11) is 0. The van der Waals surface area contributed by atoms with E-state index in [-0.39, 0.29) is 5.69 Å². The quantitative estimate of drug-likeness (QED) is 0.751. The fourth-order valence-electron chi connectivity index (χ4n) is 2.10. The van der Waals surface area contributed by atoms with Gasteiger partial charge in [0.25, 0.3) is 0 Å². The zero-order valence-electron chi connectivity index (χ0n) is 8.57. The molecular weight excluding hydrogens is 210 g/mol. The largest absolute Gasteiger partial charge is 0.477 e. The molecule has 0 aromatic carbocycles. The van der Waals surface area contributed by atoms with Crippen LogP contribution in [0.1, 0.15) is 27.4 Å². The SMILES string of the molecule is Cc1onc2c1CCc1c-2n[nH]c1C(=O)O. The van der Waals surface area contributed by atoms with Crippen LogP contribution in [-0.4, -0.2) is 26.4 Å². The molecular formula is C10H9N3O3. The third kappa shape index (κ3) is 1.04. The van der Waals surface area contributed by atoms with Gasteiger partial charge in [0, 0.05) is 11.1 Å². The maximum atomic E-state index is 10.9. The molecule has 3 rings (SSSR count). The Labute approximate surface area is 90.3 Å². The van der Waals surface area contributed by atoms with Crippen LogP contribution in [0.25, 0.3) is 11.4 Å². The first kappa shape index (κ1) is 9.14. The van der Waals surface area contributed by atoms with Gasteiger partial charge in [0.1, 0.15) is 22.8 Å². The average molecular weight is 219 g/mol. The molecule has 6 nitrogen and oxygen atoms in total. The van der Waals surface area contributed by atoms with Crippen LogP contribution in [0, 0.1) is 6.92 Å². The number of hydrogen-bond donors (Lipinski definition) is 2. The third-order valence-corrected chi connectivity index (χ3v) is 2.91. The lowest BCUT2D eigenvalue weighted by Crippen LogP contribution is -2.07. The highest BCUT2D eigenvalue weighted by Gasteiger charge is 2.28. The molecule has 2 aromatic heterocycles. The van der Waals surface area contributed by atoms with Crippen molar-refractivity contribution in [1.29, 1.82) is 0 Å². The number of carboxylic acids is 1. The number of aromatic nitrogens is 3. The molecule has 1 aliphatic carbocycles. The fraction of sp³-hybridized carbons (Fsp3) is 0.300. The van der Waals surface area contributed by atoms with Gasteiger partial charge in [0.2, 0.25) is 0 Å². The molecule has 0 atom stereocenters. The highest BCUT2D eigenvalue weighted by atomic mass is 16.5. The zero-order chi connectivity index (χ0) is 11.3. The van der Waals surface area contributed by atoms with Crippen LogP contribution in [0.15, 0.2) is 4.52 Å². The molecule has 0 saturated carbocycles. The van der Waals surface area contributed by atoms with Crippen molar-refractivity contribution in [3.05, 3.63) is 22.6 Å². The van der Waals surface area contributed by atoms with E-state index >= 15 is 0 Å². The van der Waals surface area contributed by atoms with Gasteiger partial charge < -0.3 is 9.63 Å². The number of H-pyrrole nitrogens is 1. The van der Waals surface area contributed by atoms with Crippen LogP contribution in [0.2, 0.25) is 0 Å². The van der Waals surface area contributed by atoms with Crippen molar-refractivity contribution in [3.63, 3.8) is 0 Å². The Hall–Kier alpha value is -2.11. The molecule has 16 heavy (non-hydrogen) atoms. The second kappa shape index (κ2) is 2.94. The van der Waals surface area contributed by atoms with E-state index in [2.05, 4.69) is 15.4 Å². The monoisotopic (exact) mass is 219 g/mol. The van der Waals surface area contributed by atoms with Crippen molar-refractivity contribution in [2.75, 3.05) is 0 Å². The van der Waals surface area contributed by atoms with E-state index in [1.165, 1.54) is 0 Å². The summed E-state index contributed by atoms with van der Waals surface area (Å²) in [5, 5.41) is 19.4. The normalized spacial score (nSPS) is 13.3. The van der Waals surface area contributed by atoms with Crippen molar-refractivity contribution < 1.29 is 14.4 Å². The van der Waals surface area contributed by atoms with E-state index in [0.29, 0.717) is 23.4 Å². The number of aromatic amines is 1. The maximum Gasteiger partial charge on any atom is 0.354 e. The Morgan fingerprint density at radius 1 is 1.38 bits per heavy atom. The van der Waals surface area contributed by atoms with Gasteiger partial charge in [-0.2, -0.15) is 5.10 Å². The number of aryl methyl sites for hydroxylation is 1. The van der Waals surface area contributed by atoms with Crippen LogP contribution in [-0.2, 0) is 12.8 Å². The Balaban J connectivity index is 2.23. The Bertz CT molecular complexity index is 582. The lowest BCUT2D eigenvalue weighted by atomic mass is 9.93. The molecule has 0 radical (unpaired) electrons. The van der Waals surface area contributed by atoms with Gasteiger partial charge in [-0.15, -0.1) is 0 Å². The average Bonchev–Trinajstić information content (AvgIpc) is 2.81. The Kier molecular flexibility index (Phi) is 1.68. The van der Waals surface area contributed by atoms with Crippen LogP contribution < -0.4 is 0 Å². The summed E-state index contributed by atoms with van der Waals surface area (Å²) in [5.41, 5.74) is 3.17. The van der Waals surface area contributed by atoms with Crippen LogP contribution in [0.5, 0.6) is 0 Å². The van der Waals surface area contributed by atoms with E-state index in [9.17, 15) is 4.79 Å². The van der Waals surface area contributed by atoms with Crippen LogP contribution in [0.4, 0.5) is 0 Å².